The van der Waals surface area contributed by atoms with Crippen LogP contribution in [0.5, 0.6) is 0 Å². The molecule has 9 heteroatoms. The second-order valence-electron chi connectivity index (χ2n) is 4.49. The van der Waals surface area contributed by atoms with Gasteiger partial charge >= 0.3 is 12.1 Å². The van der Waals surface area contributed by atoms with Crippen molar-refractivity contribution in [1.82, 2.24) is 9.78 Å². The molecule has 0 saturated heterocycles. The van der Waals surface area contributed by atoms with E-state index in [1.165, 1.54) is 24.3 Å². The molecule has 0 amide bonds. The minimum absolute atomic E-state index is 0.199. The maximum atomic E-state index is 13.1. The number of para-hydroxylation sites is 1. The molecule has 0 unspecified atom stereocenters. The number of alkyl halides is 5. The van der Waals surface area contributed by atoms with E-state index < -0.39 is 29.0 Å². The number of hydrogen-bond donors (Lipinski definition) is 1. The van der Waals surface area contributed by atoms with Gasteiger partial charge in [-0.3, -0.25) is 14.7 Å². The van der Waals surface area contributed by atoms with Crippen LogP contribution in [0.3, 0.4) is 0 Å². The van der Waals surface area contributed by atoms with Crippen molar-refractivity contribution in [3.63, 3.8) is 0 Å². The van der Waals surface area contributed by atoms with Crippen LogP contribution in [0.1, 0.15) is 16.1 Å². The average Bonchev–Trinajstić information content (AvgIpc) is 2.73. The Bertz CT molecular complexity index is 759. The average molecular weight is 320 g/mol. The highest BCUT2D eigenvalue weighted by Crippen LogP contribution is 2.37. The van der Waals surface area contributed by atoms with Gasteiger partial charge in [-0.2, -0.15) is 22.0 Å². The van der Waals surface area contributed by atoms with Gasteiger partial charge in [-0.1, -0.05) is 18.2 Å². The van der Waals surface area contributed by atoms with E-state index in [2.05, 4.69) is 5.10 Å². The smallest absolute Gasteiger partial charge is 0.295 e. The number of H-pyrrole nitrogens is 1. The number of carbonyl (C=O) groups excluding carboxylic acids is 1. The zero-order chi connectivity index (χ0) is 16.7. The second-order valence-corrected chi connectivity index (χ2v) is 4.49. The molecule has 1 heterocycles. The van der Waals surface area contributed by atoms with Crippen molar-refractivity contribution in [2.75, 3.05) is 0 Å². The summed E-state index contributed by atoms with van der Waals surface area (Å²) in [7, 11) is 0. The van der Waals surface area contributed by atoms with E-state index in [0.29, 0.717) is 0 Å². The maximum absolute atomic E-state index is 13.1. The van der Waals surface area contributed by atoms with Crippen molar-refractivity contribution in [2.45, 2.75) is 19.0 Å². The molecule has 0 fully saturated rings. The number of aryl methyl sites for hydroxylation is 1. The highest BCUT2D eigenvalue weighted by Gasteiger charge is 2.64. The first-order valence-corrected chi connectivity index (χ1v) is 5.93. The lowest BCUT2D eigenvalue weighted by Gasteiger charge is -2.17. The molecular formula is C13H9F5N2O2. The molecule has 1 N–H and O–H groups in total. The predicted octanol–water partition coefficient (Wildman–Crippen LogP) is 2.85. The third kappa shape index (κ3) is 2.42. The normalized spacial score (nSPS) is 12.5. The molecule has 1 aromatic heterocycles. The van der Waals surface area contributed by atoms with E-state index in [9.17, 15) is 31.5 Å². The number of benzene rings is 1. The molecule has 118 valence electrons. The lowest BCUT2D eigenvalue weighted by Crippen LogP contribution is -2.45. The number of nitrogens with zero attached hydrogens (tertiary/aromatic N) is 1. The first kappa shape index (κ1) is 15.9. The van der Waals surface area contributed by atoms with Crippen molar-refractivity contribution < 1.29 is 26.7 Å². The minimum Gasteiger partial charge on any atom is -0.295 e. The van der Waals surface area contributed by atoms with E-state index in [1.54, 1.807) is 6.07 Å². The summed E-state index contributed by atoms with van der Waals surface area (Å²) in [6.07, 6.45) is -6.07. The van der Waals surface area contributed by atoms with Crippen molar-refractivity contribution in [1.29, 1.82) is 0 Å². The fraction of sp³-hybridized carbons (Fsp3) is 0.231. The second kappa shape index (κ2) is 5.08. The van der Waals surface area contributed by atoms with Crippen molar-refractivity contribution >= 4 is 5.78 Å². The summed E-state index contributed by atoms with van der Waals surface area (Å²) in [5.74, 6) is -8.21. The Morgan fingerprint density at radius 1 is 1.09 bits per heavy atom. The first-order chi connectivity index (χ1) is 10.1. The van der Waals surface area contributed by atoms with Crippen molar-refractivity contribution in [3.8, 4) is 5.69 Å². The van der Waals surface area contributed by atoms with Gasteiger partial charge < -0.3 is 0 Å². The highest BCUT2D eigenvalue weighted by molar-refractivity contribution is 6.02. The van der Waals surface area contributed by atoms with Gasteiger partial charge in [0.15, 0.2) is 0 Å². The predicted molar refractivity (Wildman–Crippen MR) is 66.5 cm³/mol. The highest BCUT2D eigenvalue weighted by atomic mass is 19.4. The van der Waals surface area contributed by atoms with Crippen LogP contribution in [0.4, 0.5) is 22.0 Å². The van der Waals surface area contributed by atoms with E-state index in [-0.39, 0.29) is 11.4 Å². The molecule has 0 aliphatic carbocycles. The first-order valence-electron chi connectivity index (χ1n) is 5.93. The monoisotopic (exact) mass is 320 g/mol. The van der Waals surface area contributed by atoms with Crippen LogP contribution >= 0.6 is 0 Å². The summed E-state index contributed by atoms with van der Waals surface area (Å²) >= 11 is 0. The van der Waals surface area contributed by atoms with E-state index >= 15 is 0 Å². The Hall–Kier alpha value is -2.45. The Kier molecular flexibility index (Phi) is 3.68. The number of nitrogens with one attached hydrogen (secondary N) is 1. The van der Waals surface area contributed by atoms with Gasteiger partial charge in [-0.05, 0) is 19.1 Å². The number of aromatic nitrogens is 2. The molecule has 4 nitrogen and oxygen atoms in total. The molecule has 0 radical (unpaired) electrons. The van der Waals surface area contributed by atoms with Crippen molar-refractivity contribution in [3.05, 3.63) is 51.9 Å². The fourth-order valence-electron chi connectivity index (χ4n) is 1.86. The van der Waals surface area contributed by atoms with Crippen LogP contribution in [0.15, 0.2) is 35.1 Å². The molecule has 22 heavy (non-hydrogen) atoms. The molecule has 0 atom stereocenters. The summed E-state index contributed by atoms with van der Waals surface area (Å²) in [6.45, 7) is 1.07. The largest absolute Gasteiger partial charge is 0.461 e. The molecule has 1 aromatic carbocycles. The molecule has 0 aliphatic heterocycles. The lowest BCUT2D eigenvalue weighted by molar-refractivity contribution is -0.255. The minimum atomic E-state index is -6.07. The Morgan fingerprint density at radius 3 is 2.14 bits per heavy atom. The SMILES string of the molecule is Cc1[nH]n(-c2ccccc2)c(=O)c1C(=O)C(F)(F)C(F)(F)F. The summed E-state index contributed by atoms with van der Waals surface area (Å²) in [5.41, 5.74) is -2.66. The number of aromatic amines is 1. The standard InChI is InChI=1S/C13H9F5N2O2/c1-7-9(10(21)12(14,15)13(16,17)18)11(22)20(19-7)8-5-3-2-4-6-8/h2-6,19H,1H3. The molecule has 2 rings (SSSR count). The Labute approximate surface area is 120 Å². The molecule has 0 aliphatic rings. The van der Waals surface area contributed by atoms with Crippen molar-refractivity contribution in [2.24, 2.45) is 0 Å². The van der Waals surface area contributed by atoms with Crippen LogP contribution in [-0.2, 0) is 0 Å². The molecule has 0 spiro atoms. The van der Waals surface area contributed by atoms with Gasteiger partial charge in [0, 0.05) is 5.69 Å². The third-order valence-corrected chi connectivity index (χ3v) is 2.95. The van der Waals surface area contributed by atoms with E-state index in [0.717, 1.165) is 11.6 Å². The van der Waals surface area contributed by atoms with Crippen LogP contribution in [-0.4, -0.2) is 27.7 Å². The van der Waals surface area contributed by atoms with Gasteiger partial charge in [-0.25, -0.2) is 4.68 Å². The number of halogens is 5. The third-order valence-electron chi connectivity index (χ3n) is 2.95. The van der Waals surface area contributed by atoms with Gasteiger partial charge in [0.1, 0.15) is 5.56 Å². The molecule has 0 saturated carbocycles. The maximum Gasteiger partial charge on any atom is 0.461 e. The number of rotatable bonds is 3. The topological polar surface area (TPSA) is 54.9 Å². The summed E-state index contributed by atoms with van der Waals surface area (Å²) in [5, 5.41) is 2.32. The quantitative estimate of drug-likeness (QED) is 0.698. The summed E-state index contributed by atoms with van der Waals surface area (Å²) in [6, 6.07) is 7.53. The van der Waals surface area contributed by atoms with Gasteiger partial charge in [0.2, 0.25) is 5.78 Å². The number of Topliss-reactive ketones (excluding diaryl/α,β-unsaturated/α-hetero) is 1. The van der Waals surface area contributed by atoms with Crippen LogP contribution < -0.4 is 5.56 Å². The number of hydrogen-bond acceptors (Lipinski definition) is 2. The number of carbonyl (C=O) groups is 1. The zero-order valence-electron chi connectivity index (χ0n) is 11.0. The summed E-state index contributed by atoms with van der Waals surface area (Å²) < 4.78 is 63.8. The summed E-state index contributed by atoms with van der Waals surface area (Å²) in [4.78, 5) is 23.5. The fourth-order valence-corrected chi connectivity index (χ4v) is 1.86. The lowest BCUT2D eigenvalue weighted by atomic mass is 10.1. The van der Waals surface area contributed by atoms with Crippen LogP contribution in [0.2, 0.25) is 0 Å². The van der Waals surface area contributed by atoms with Crippen LogP contribution in [0.25, 0.3) is 5.69 Å². The zero-order valence-corrected chi connectivity index (χ0v) is 11.0. The van der Waals surface area contributed by atoms with Crippen LogP contribution in [0, 0.1) is 6.92 Å². The van der Waals surface area contributed by atoms with Gasteiger partial charge in [-0.15, -0.1) is 0 Å². The molecule has 2 aromatic rings. The van der Waals surface area contributed by atoms with Gasteiger partial charge in [0.05, 0.1) is 5.69 Å². The van der Waals surface area contributed by atoms with E-state index in [1.807, 2.05) is 0 Å². The van der Waals surface area contributed by atoms with Gasteiger partial charge in [0.25, 0.3) is 5.56 Å². The molecular weight excluding hydrogens is 311 g/mol. The van der Waals surface area contributed by atoms with E-state index in [4.69, 9.17) is 0 Å². The Morgan fingerprint density at radius 2 is 1.64 bits per heavy atom. The number of ketones is 1. The Balaban J connectivity index is 2.58. The molecule has 0 bridgehead atoms.